The number of sulfone groups is 1. The smallest absolute Gasteiger partial charge is 0.175 e. The van der Waals surface area contributed by atoms with Crippen molar-refractivity contribution in [3.05, 3.63) is 48.0 Å². The molecule has 0 aliphatic carbocycles. The number of aromatic hydroxyl groups is 1. The Morgan fingerprint density at radius 3 is 2.32 bits per heavy atom. The molecular weight excluding hydrogens is 264 g/mol. The molecule has 98 valence electrons. The first-order valence-electron chi connectivity index (χ1n) is 5.50. The topological polar surface area (TPSA) is 71.4 Å². The molecule has 0 fully saturated rings. The molecule has 0 aliphatic heterocycles. The molecule has 0 unspecified atom stereocenters. The van der Waals surface area contributed by atoms with Crippen molar-refractivity contribution in [1.29, 1.82) is 0 Å². The van der Waals surface area contributed by atoms with E-state index in [0.717, 1.165) is 6.26 Å². The summed E-state index contributed by atoms with van der Waals surface area (Å²) in [6, 6.07) is 11.0. The molecule has 0 spiro atoms. The summed E-state index contributed by atoms with van der Waals surface area (Å²) in [6.45, 7) is 0. The van der Waals surface area contributed by atoms with Gasteiger partial charge in [0.15, 0.2) is 16.1 Å². The van der Waals surface area contributed by atoms with E-state index in [-0.39, 0.29) is 16.2 Å². The fourth-order valence-corrected chi connectivity index (χ4v) is 2.40. The minimum atomic E-state index is -3.27. The Balaban J connectivity index is 2.54. The third-order valence-electron chi connectivity index (χ3n) is 2.75. The lowest BCUT2D eigenvalue weighted by Gasteiger charge is -2.06. The molecule has 5 heteroatoms. The maximum atomic E-state index is 11.5. The van der Waals surface area contributed by atoms with E-state index in [4.69, 9.17) is 0 Å². The van der Waals surface area contributed by atoms with Gasteiger partial charge in [-0.3, -0.25) is 4.79 Å². The average Bonchev–Trinajstić information content (AvgIpc) is 2.38. The van der Waals surface area contributed by atoms with Gasteiger partial charge in [-0.05, 0) is 35.4 Å². The lowest BCUT2D eigenvalue weighted by atomic mass is 10.0. The van der Waals surface area contributed by atoms with Crippen LogP contribution in [0.2, 0.25) is 0 Å². The second-order valence-electron chi connectivity index (χ2n) is 4.19. The molecule has 0 radical (unpaired) electrons. The Labute approximate surface area is 111 Å². The molecule has 0 heterocycles. The molecular formula is C14H12O4S. The van der Waals surface area contributed by atoms with Crippen LogP contribution >= 0.6 is 0 Å². The molecule has 2 rings (SSSR count). The highest BCUT2D eigenvalue weighted by molar-refractivity contribution is 7.90. The lowest BCUT2D eigenvalue weighted by Crippen LogP contribution is -1.96. The second-order valence-corrected chi connectivity index (χ2v) is 6.21. The highest BCUT2D eigenvalue weighted by atomic mass is 32.2. The molecule has 0 amide bonds. The molecule has 0 atom stereocenters. The third kappa shape index (κ3) is 2.82. The Hall–Kier alpha value is -2.14. The predicted octanol–water partition coefficient (Wildman–Crippen LogP) is 2.28. The van der Waals surface area contributed by atoms with Crippen molar-refractivity contribution in [2.75, 3.05) is 6.26 Å². The van der Waals surface area contributed by atoms with Crippen molar-refractivity contribution < 1.29 is 18.3 Å². The summed E-state index contributed by atoms with van der Waals surface area (Å²) in [4.78, 5) is 10.8. The lowest BCUT2D eigenvalue weighted by molar-refractivity contribution is 0.112. The van der Waals surface area contributed by atoms with Crippen LogP contribution in [0.25, 0.3) is 11.1 Å². The van der Waals surface area contributed by atoms with Gasteiger partial charge in [-0.2, -0.15) is 0 Å². The van der Waals surface area contributed by atoms with E-state index in [9.17, 15) is 18.3 Å². The first-order valence-corrected chi connectivity index (χ1v) is 7.39. The van der Waals surface area contributed by atoms with E-state index < -0.39 is 9.84 Å². The summed E-state index contributed by atoms with van der Waals surface area (Å²) in [6.07, 6.45) is 1.70. The number of carbonyl (C=O) groups is 1. The van der Waals surface area contributed by atoms with Gasteiger partial charge in [0.2, 0.25) is 0 Å². The van der Waals surface area contributed by atoms with E-state index in [1.54, 1.807) is 18.2 Å². The second kappa shape index (κ2) is 4.85. The van der Waals surface area contributed by atoms with Gasteiger partial charge in [0.05, 0.1) is 10.5 Å². The molecule has 0 saturated carbocycles. The van der Waals surface area contributed by atoms with Crippen molar-refractivity contribution in [3.63, 3.8) is 0 Å². The van der Waals surface area contributed by atoms with Gasteiger partial charge < -0.3 is 5.11 Å². The van der Waals surface area contributed by atoms with Crippen LogP contribution in [0.3, 0.4) is 0 Å². The van der Waals surface area contributed by atoms with Crippen LogP contribution in [0.5, 0.6) is 5.75 Å². The van der Waals surface area contributed by atoms with E-state index >= 15 is 0 Å². The predicted molar refractivity (Wildman–Crippen MR) is 72.0 cm³/mol. The van der Waals surface area contributed by atoms with Crippen LogP contribution < -0.4 is 0 Å². The maximum Gasteiger partial charge on any atom is 0.175 e. The first-order chi connectivity index (χ1) is 8.91. The van der Waals surface area contributed by atoms with Crippen molar-refractivity contribution >= 4 is 16.1 Å². The van der Waals surface area contributed by atoms with Gasteiger partial charge in [0.25, 0.3) is 0 Å². The summed E-state index contributed by atoms with van der Waals surface area (Å²) in [5.74, 6) is -0.128. The molecule has 2 aromatic rings. The highest BCUT2D eigenvalue weighted by Crippen LogP contribution is 2.27. The Morgan fingerprint density at radius 2 is 1.74 bits per heavy atom. The number of hydrogen-bond donors (Lipinski definition) is 1. The maximum absolute atomic E-state index is 11.5. The normalized spacial score (nSPS) is 11.2. The summed E-state index contributed by atoms with van der Waals surface area (Å²) in [7, 11) is -3.27. The first kappa shape index (κ1) is 13.3. The van der Waals surface area contributed by atoms with Gasteiger partial charge in [0.1, 0.15) is 5.75 Å². The molecule has 4 nitrogen and oxygen atoms in total. The van der Waals surface area contributed by atoms with Crippen LogP contribution in [0.15, 0.2) is 47.4 Å². The van der Waals surface area contributed by atoms with E-state index in [1.807, 2.05) is 0 Å². The number of phenolic OH excluding ortho intramolecular Hbond substituents is 1. The quantitative estimate of drug-likeness (QED) is 0.873. The number of carbonyl (C=O) groups excluding carboxylic acids is 1. The molecule has 0 aliphatic rings. The van der Waals surface area contributed by atoms with Gasteiger partial charge >= 0.3 is 0 Å². The summed E-state index contributed by atoms with van der Waals surface area (Å²) < 4.78 is 23.0. The summed E-state index contributed by atoms with van der Waals surface area (Å²) in [5.41, 5.74) is 1.51. The van der Waals surface area contributed by atoms with Crippen molar-refractivity contribution in [1.82, 2.24) is 0 Å². The standard InChI is InChI=1S/C14H12O4S/c1-19(17,18)13-4-2-3-10(7-13)11-5-6-12(9-15)14(16)8-11/h2-9,16H,1H3. The molecule has 2 aromatic carbocycles. The van der Waals surface area contributed by atoms with E-state index in [2.05, 4.69) is 0 Å². The van der Waals surface area contributed by atoms with Crippen LogP contribution in [0.4, 0.5) is 0 Å². The monoisotopic (exact) mass is 276 g/mol. The van der Waals surface area contributed by atoms with Crippen molar-refractivity contribution in [2.45, 2.75) is 4.90 Å². The molecule has 0 saturated heterocycles. The SMILES string of the molecule is CS(=O)(=O)c1cccc(-c2ccc(C=O)c(O)c2)c1. The van der Waals surface area contributed by atoms with Crippen molar-refractivity contribution in [3.8, 4) is 16.9 Å². The molecule has 19 heavy (non-hydrogen) atoms. The number of phenols is 1. The average molecular weight is 276 g/mol. The fraction of sp³-hybridized carbons (Fsp3) is 0.0714. The number of rotatable bonds is 3. The minimum Gasteiger partial charge on any atom is -0.507 e. The Morgan fingerprint density at radius 1 is 1.05 bits per heavy atom. The number of benzene rings is 2. The van der Waals surface area contributed by atoms with Gasteiger partial charge in [0, 0.05) is 6.26 Å². The zero-order valence-electron chi connectivity index (χ0n) is 10.2. The van der Waals surface area contributed by atoms with Gasteiger partial charge in [-0.15, -0.1) is 0 Å². The van der Waals surface area contributed by atoms with Gasteiger partial charge in [-0.25, -0.2) is 8.42 Å². The van der Waals surface area contributed by atoms with Crippen LogP contribution in [0.1, 0.15) is 10.4 Å². The molecule has 0 aromatic heterocycles. The summed E-state index contributed by atoms with van der Waals surface area (Å²) >= 11 is 0. The summed E-state index contributed by atoms with van der Waals surface area (Å²) in [5, 5.41) is 9.63. The van der Waals surface area contributed by atoms with E-state index in [0.29, 0.717) is 17.4 Å². The van der Waals surface area contributed by atoms with Crippen molar-refractivity contribution in [2.24, 2.45) is 0 Å². The Kier molecular flexibility index (Phi) is 3.40. The highest BCUT2D eigenvalue weighted by Gasteiger charge is 2.09. The molecule has 0 bridgehead atoms. The number of hydrogen-bond acceptors (Lipinski definition) is 4. The van der Waals surface area contributed by atoms with Crippen LogP contribution in [0, 0.1) is 0 Å². The largest absolute Gasteiger partial charge is 0.507 e. The fourth-order valence-electron chi connectivity index (χ4n) is 1.73. The molecule has 1 N–H and O–H groups in total. The van der Waals surface area contributed by atoms with E-state index in [1.165, 1.54) is 24.3 Å². The van der Waals surface area contributed by atoms with Gasteiger partial charge in [-0.1, -0.05) is 18.2 Å². The van der Waals surface area contributed by atoms with Crippen LogP contribution in [-0.2, 0) is 9.84 Å². The zero-order valence-corrected chi connectivity index (χ0v) is 11.0. The van der Waals surface area contributed by atoms with Crippen LogP contribution in [-0.4, -0.2) is 26.1 Å². The minimum absolute atomic E-state index is 0.128. The zero-order chi connectivity index (χ0) is 14.0. The Bertz CT molecular complexity index is 733. The number of aldehydes is 1. The third-order valence-corrected chi connectivity index (χ3v) is 3.86.